The van der Waals surface area contributed by atoms with Gasteiger partial charge in [0.05, 0.1) is 41.4 Å². The van der Waals surface area contributed by atoms with Gasteiger partial charge in [-0.25, -0.2) is 14.5 Å². The van der Waals surface area contributed by atoms with Crippen molar-refractivity contribution in [3.05, 3.63) is 48.5 Å². The third kappa shape index (κ3) is 2.91. The maximum atomic E-state index is 11.8. The summed E-state index contributed by atoms with van der Waals surface area (Å²) >= 11 is 0. The number of hydrogen-bond acceptors (Lipinski definition) is 5. The van der Waals surface area contributed by atoms with Crippen molar-refractivity contribution in [3.63, 3.8) is 0 Å². The molecule has 0 unspecified atom stereocenters. The van der Waals surface area contributed by atoms with E-state index in [1.807, 2.05) is 29.4 Å². The average Bonchev–Trinajstić information content (AvgIpc) is 3.36. The van der Waals surface area contributed by atoms with Crippen LogP contribution in [0.15, 0.2) is 43.0 Å². The summed E-state index contributed by atoms with van der Waals surface area (Å²) in [7, 11) is 0. The number of carbonyl (C=O) groups is 1. The van der Waals surface area contributed by atoms with Gasteiger partial charge in [0.15, 0.2) is 5.65 Å². The molecule has 4 aromatic heterocycles. The predicted octanol–water partition coefficient (Wildman–Crippen LogP) is 2.80. The molecule has 1 aliphatic heterocycles. The van der Waals surface area contributed by atoms with Crippen molar-refractivity contribution in [2.45, 2.75) is 25.8 Å². The van der Waals surface area contributed by atoms with E-state index in [1.165, 1.54) is 0 Å². The highest BCUT2D eigenvalue weighted by Crippen LogP contribution is 2.28. The van der Waals surface area contributed by atoms with Crippen molar-refractivity contribution >= 4 is 22.6 Å². The molecular formula is C21H19N7O. The number of piperidine rings is 1. The minimum absolute atomic E-state index is 0.104. The van der Waals surface area contributed by atoms with Crippen molar-refractivity contribution in [2.75, 3.05) is 13.1 Å². The van der Waals surface area contributed by atoms with Gasteiger partial charge in [0.1, 0.15) is 5.52 Å². The fraction of sp³-hybridized carbons (Fsp3) is 0.286. The number of imidazole rings is 1. The zero-order chi connectivity index (χ0) is 20.0. The maximum absolute atomic E-state index is 11.8. The SMILES string of the molecule is CC(=O)N1CCC[C@H](n2cnc3ccc(-c4cnn5ccc(C#N)cc45)nc32)C1. The number of hydrogen-bond donors (Lipinski definition) is 0. The molecule has 5 heterocycles. The number of carbonyl (C=O) groups excluding carboxylic acids is 1. The van der Waals surface area contributed by atoms with Gasteiger partial charge in [0.2, 0.25) is 5.91 Å². The van der Waals surface area contributed by atoms with Gasteiger partial charge in [0.25, 0.3) is 0 Å². The Morgan fingerprint density at radius 3 is 3.03 bits per heavy atom. The zero-order valence-corrected chi connectivity index (χ0v) is 16.0. The number of likely N-dealkylation sites (tertiary alicyclic amines) is 1. The molecular weight excluding hydrogens is 366 g/mol. The molecule has 0 N–H and O–H groups in total. The summed E-state index contributed by atoms with van der Waals surface area (Å²) in [6.45, 7) is 3.10. The summed E-state index contributed by atoms with van der Waals surface area (Å²) in [6.07, 6.45) is 7.32. The minimum atomic E-state index is 0.104. The first kappa shape index (κ1) is 17.4. The molecule has 0 radical (unpaired) electrons. The number of amides is 1. The Morgan fingerprint density at radius 2 is 2.21 bits per heavy atom. The molecule has 1 fully saturated rings. The normalized spacial score (nSPS) is 17.0. The quantitative estimate of drug-likeness (QED) is 0.529. The second kappa shape index (κ2) is 6.71. The van der Waals surface area contributed by atoms with Crippen LogP contribution in [0.5, 0.6) is 0 Å². The van der Waals surface area contributed by atoms with E-state index in [2.05, 4.69) is 20.7 Å². The number of fused-ring (bicyclic) bond motifs is 2. The van der Waals surface area contributed by atoms with E-state index < -0.39 is 0 Å². The Balaban J connectivity index is 1.59. The van der Waals surface area contributed by atoms with Gasteiger partial charge < -0.3 is 9.47 Å². The van der Waals surface area contributed by atoms with Gasteiger partial charge in [-0.2, -0.15) is 10.4 Å². The summed E-state index contributed by atoms with van der Waals surface area (Å²) in [5.74, 6) is 0.104. The Labute approximate surface area is 167 Å². The van der Waals surface area contributed by atoms with Crippen LogP contribution in [0.2, 0.25) is 0 Å². The number of rotatable bonds is 2. The van der Waals surface area contributed by atoms with Crippen LogP contribution in [-0.4, -0.2) is 48.0 Å². The Kier molecular flexibility index (Phi) is 4.02. The van der Waals surface area contributed by atoms with Crippen molar-refractivity contribution < 1.29 is 4.79 Å². The van der Waals surface area contributed by atoms with Gasteiger partial charge in [-0.1, -0.05) is 0 Å². The average molecular weight is 385 g/mol. The minimum Gasteiger partial charge on any atom is -0.341 e. The van der Waals surface area contributed by atoms with Crippen LogP contribution in [-0.2, 0) is 4.79 Å². The van der Waals surface area contributed by atoms with Crippen LogP contribution >= 0.6 is 0 Å². The van der Waals surface area contributed by atoms with Gasteiger partial charge in [-0.15, -0.1) is 0 Å². The van der Waals surface area contributed by atoms with Crippen LogP contribution in [0.3, 0.4) is 0 Å². The van der Waals surface area contributed by atoms with E-state index >= 15 is 0 Å². The molecule has 144 valence electrons. The summed E-state index contributed by atoms with van der Waals surface area (Å²) in [5.41, 5.74) is 4.69. The van der Waals surface area contributed by atoms with E-state index in [1.54, 1.807) is 29.9 Å². The molecule has 0 aliphatic carbocycles. The molecule has 0 bridgehead atoms. The highest BCUT2D eigenvalue weighted by atomic mass is 16.2. The molecule has 1 amide bonds. The summed E-state index contributed by atoms with van der Waals surface area (Å²) in [4.78, 5) is 23.1. The molecule has 4 aromatic rings. The Bertz CT molecular complexity index is 1280. The third-order valence-corrected chi connectivity index (χ3v) is 5.58. The number of nitrogens with zero attached hydrogens (tertiary/aromatic N) is 7. The maximum Gasteiger partial charge on any atom is 0.219 e. The topological polar surface area (TPSA) is 92.1 Å². The van der Waals surface area contributed by atoms with E-state index in [0.29, 0.717) is 12.1 Å². The molecule has 8 nitrogen and oxygen atoms in total. The van der Waals surface area contributed by atoms with Crippen LogP contribution < -0.4 is 0 Å². The first-order valence-electron chi connectivity index (χ1n) is 9.61. The van der Waals surface area contributed by atoms with Crippen LogP contribution in [0.1, 0.15) is 31.4 Å². The first-order chi connectivity index (χ1) is 14.1. The smallest absolute Gasteiger partial charge is 0.219 e. The lowest BCUT2D eigenvalue weighted by atomic mass is 10.1. The largest absolute Gasteiger partial charge is 0.341 e. The van der Waals surface area contributed by atoms with Crippen LogP contribution in [0.4, 0.5) is 0 Å². The summed E-state index contributed by atoms with van der Waals surface area (Å²) < 4.78 is 3.82. The molecule has 8 heteroatoms. The van der Waals surface area contributed by atoms with Crippen molar-refractivity contribution in [3.8, 4) is 17.3 Å². The molecule has 1 aliphatic rings. The fourth-order valence-corrected chi connectivity index (χ4v) is 4.04. The Hall–Kier alpha value is -3.73. The molecule has 29 heavy (non-hydrogen) atoms. The first-order valence-corrected chi connectivity index (χ1v) is 9.61. The molecule has 1 saturated heterocycles. The highest BCUT2D eigenvalue weighted by molar-refractivity contribution is 5.82. The van der Waals surface area contributed by atoms with E-state index in [4.69, 9.17) is 4.98 Å². The molecule has 0 saturated carbocycles. The second-order valence-electron chi connectivity index (χ2n) is 7.37. The standard InChI is InChI=1S/C21H19N7O/c1-14(29)26-7-2-3-16(12-26)27-13-23-19-5-4-18(25-21(19)27)17-11-24-28-8-6-15(10-22)9-20(17)28/h4-6,8-9,11,13,16H,2-3,7,12H2,1H3/t16-/m0/s1. The van der Waals surface area contributed by atoms with E-state index in [-0.39, 0.29) is 11.9 Å². The van der Waals surface area contributed by atoms with Crippen LogP contribution in [0.25, 0.3) is 27.9 Å². The van der Waals surface area contributed by atoms with Gasteiger partial charge >= 0.3 is 0 Å². The monoisotopic (exact) mass is 385 g/mol. The van der Waals surface area contributed by atoms with Crippen molar-refractivity contribution in [1.82, 2.24) is 29.0 Å². The van der Waals surface area contributed by atoms with Gasteiger partial charge in [-0.3, -0.25) is 4.79 Å². The lowest BCUT2D eigenvalue weighted by molar-refractivity contribution is -0.130. The summed E-state index contributed by atoms with van der Waals surface area (Å²) in [6, 6.07) is 9.77. The molecule has 0 aromatic carbocycles. The molecule has 0 spiro atoms. The third-order valence-electron chi connectivity index (χ3n) is 5.58. The predicted molar refractivity (Wildman–Crippen MR) is 107 cm³/mol. The lowest BCUT2D eigenvalue weighted by Gasteiger charge is -2.32. The van der Waals surface area contributed by atoms with Gasteiger partial charge in [0, 0.05) is 31.8 Å². The Morgan fingerprint density at radius 1 is 1.31 bits per heavy atom. The van der Waals surface area contributed by atoms with E-state index in [9.17, 15) is 10.1 Å². The number of pyridine rings is 2. The van der Waals surface area contributed by atoms with E-state index in [0.717, 1.165) is 47.3 Å². The number of aromatic nitrogens is 5. The van der Waals surface area contributed by atoms with Crippen molar-refractivity contribution in [1.29, 1.82) is 5.26 Å². The fourth-order valence-electron chi connectivity index (χ4n) is 4.04. The van der Waals surface area contributed by atoms with Gasteiger partial charge in [-0.05, 0) is 37.1 Å². The second-order valence-corrected chi connectivity index (χ2v) is 7.37. The number of nitriles is 1. The zero-order valence-electron chi connectivity index (χ0n) is 16.0. The highest BCUT2D eigenvalue weighted by Gasteiger charge is 2.24. The van der Waals surface area contributed by atoms with Crippen molar-refractivity contribution in [2.24, 2.45) is 0 Å². The molecule has 5 rings (SSSR count). The summed E-state index contributed by atoms with van der Waals surface area (Å²) in [5, 5.41) is 13.6. The van der Waals surface area contributed by atoms with Crippen LogP contribution in [0, 0.1) is 11.3 Å². The lowest BCUT2D eigenvalue weighted by Crippen LogP contribution is -2.39. The molecule has 1 atom stereocenters.